The van der Waals surface area contributed by atoms with Gasteiger partial charge in [0.2, 0.25) is 11.8 Å². The van der Waals surface area contributed by atoms with Gasteiger partial charge >= 0.3 is 0 Å². The molecule has 2 aromatic carbocycles. The molecule has 0 spiro atoms. The summed E-state index contributed by atoms with van der Waals surface area (Å²) in [7, 11) is 0. The quantitative estimate of drug-likeness (QED) is 0.475. The molecule has 0 radical (unpaired) electrons. The van der Waals surface area contributed by atoms with Gasteiger partial charge in [0.25, 0.3) is 5.69 Å². The van der Waals surface area contributed by atoms with E-state index in [0.29, 0.717) is 6.54 Å². The van der Waals surface area contributed by atoms with Gasteiger partial charge in [0.05, 0.1) is 28.7 Å². The Hall–Kier alpha value is -2.97. The first-order chi connectivity index (χ1) is 13.8. The molecule has 2 rings (SSSR count). The lowest BCUT2D eigenvalue weighted by Crippen LogP contribution is -2.39. The highest BCUT2D eigenvalue weighted by atomic mass is 35.5. The minimum absolute atomic E-state index is 0.0116. The normalized spacial score (nSPS) is 10.6. The molecule has 2 aromatic rings. The minimum Gasteiger partial charge on any atom is -0.325 e. The molecule has 0 aliphatic heterocycles. The summed E-state index contributed by atoms with van der Waals surface area (Å²) >= 11 is 6.01. The fourth-order valence-corrected chi connectivity index (χ4v) is 2.97. The fourth-order valence-electron chi connectivity index (χ4n) is 2.75. The lowest BCUT2D eigenvalue weighted by Gasteiger charge is -2.21. The minimum atomic E-state index is -0.562. The number of hydrogen-bond donors (Lipinski definition) is 2. The summed E-state index contributed by atoms with van der Waals surface area (Å²) in [6, 6.07) is 11.3. The van der Waals surface area contributed by atoms with Gasteiger partial charge in [-0.25, -0.2) is 0 Å². The van der Waals surface area contributed by atoms with Gasteiger partial charge in [0.15, 0.2) is 0 Å². The third-order valence-corrected chi connectivity index (χ3v) is 4.44. The number of nitrogens with zero attached hydrogens (tertiary/aromatic N) is 2. The van der Waals surface area contributed by atoms with Crippen molar-refractivity contribution in [2.24, 2.45) is 0 Å². The number of rotatable bonds is 9. The number of hydrogen-bond acceptors (Lipinski definition) is 5. The van der Waals surface area contributed by atoms with E-state index in [1.165, 1.54) is 18.2 Å². The molecule has 0 saturated carbocycles. The number of halogens is 1. The van der Waals surface area contributed by atoms with Gasteiger partial charge in [-0.2, -0.15) is 0 Å². The van der Waals surface area contributed by atoms with E-state index in [1.54, 1.807) is 4.90 Å². The summed E-state index contributed by atoms with van der Waals surface area (Å²) in [5.74, 6) is -0.577. The maximum atomic E-state index is 12.4. The largest absolute Gasteiger partial charge is 0.325 e. The lowest BCUT2D eigenvalue weighted by molar-refractivity contribution is -0.384. The van der Waals surface area contributed by atoms with Crippen LogP contribution in [-0.2, 0) is 9.59 Å². The summed E-state index contributed by atoms with van der Waals surface area (Å²) in [4.78, 5) is 36.7. The van der Waals surface area contributed by atoms with Gasteiger partial charge in [-0.05, 0) is 37.6 Å². The number of nitrogens with one attached hydrogen (secondary N) is 2. The van der Waals surface area contributed by atoms with E-state index >= 15 is 0 Å². The Labute approximate surface area is 174 Å². The smallest absolute Gasteiger partial charge is 0.271 e. The van der Waals surface area contributed by atoms with Gasteiger partial charge in [-0.1, -0.05) is 36.7 Å². The molecule has 0 unspecified atom stereocenters. The van der Waals surface area contributed by atoms with Crippen molar-refractivity contribution in [1.29, 1.82) is 0 Å². The van der Waals surface area contributed by atoms with Crippen LogP contribution in [0.2, 0.25) is 5.02 Å². The van der Waals surface area contributed by atoms with Crippen molar-refractivity contribution in [1.82, 2.24) is 4.90 Å². The molecule has 0 heterocycles. The molecule has 8 nitrogen and oxygen atoms in total. The molecule has 0 bridgehead atoms. The monoisotopic (exact) mass is 418 g/mol. The zero-order valence-corrected chi connectivity index (χ0v) is 17.0. The van der Waals surface area contributed by atoms with E-state index in [2.05, 4.69) is 10.6 Å². The molecule has 154 valence electrons. The number of amides is 2. The maximum absolute atomic E-state index is 12.4. The van der Waals surface area contributed by atoms with E-state index in [9.17, 15) is 19.7 Å². The number of nitro groups is 1. The van der Waals surface area contributed by atoms with E-state index < -0.39 is 4.92 Å². The zero-order chi connectivity index (χ0) is 21.4. The summed E-state index contributed by atoms with van der Waals surface area (Å²) in [5.41, 5.74) is 1.81. The second-order valence-electron chi connectivity index (χ2n) is 6.54. The van der Waals surface area contributed by atoms with Gasteiger partial charge < -0.3 is 10.6 Å². The van der Waals surface area contributed by atoms with E-state index in [0.717, 1.165) is 17.7 Å². The third-order valence-electron chi connectivity index (χ3n) is 4.13. The standard InChI is InChI=1S/C20H23ClN4O4/c1-3-10-24(12-19(26)22-17-7-5-4-6-14(17)2)13-20(27)23-18-9-8-15(25(28)29)11-16(18)21/h4-9,11H,3,10,12-13H2,1-2H3,(H,22,26)(H,23,27). The van der Waals surface area contributed by atoms with Gasteiger partial charge in [0.1, 0.15) is 0 Å². The number of non-ortho nitro benzene ring substituents is 1. The van der Waals surface area contributed by atoms with Gasteiger partial charge in [-0.15, -0.1) is 0 Å². The predicted molar refractivity (Wildman–Crippen MR) is 113 cm³/mol. The first-order valence-corrected chi connectivity index (χ1v) is 9.49. The van der Waals surface area contributed by atoms with Crippen molar-refractivity contribution in [2.45, 2.75) is 20.3 Å². The Morgan fingerprint density at radius 1 is 1.07 bits per heavy atom. The predicted octanol–water partition coefficient (Wildman–Crippen LogP) is 3.85. The van der Waals surface area contributed by atoms with Crippen LogP contribution in [0.1, 0.15) is 18.9 Å². The third kappa shape index (κ3) is 6.85. The molecule has 0 aromatic heterocycles. The van der Waals surface area contributed by atoms with Crippen molar-refractivity contribution in [3.05, 3.63) is 63.2 Å². The molecule has 0 aliphatic carbocycles. The maximum Gasteiger partial charge on any atom is 0.271 e. The first-order valence-electron chi connectivity index (χ1n) is 9.11. The number of aryl methyl sites for hydroxylation is 1. The Bertz CT molecular complexity index is 904. The van der Waals surface area contributed by atoms with Gasteiger partial charge in [0, 0.05) is 17.8 Å². The Morgan fingerprint density at radius 2 is 1.69 bits per heavy atom. The topological polar surface area (TPSA) is 105 Å². The van der Waals surface area contributed by atoms with Crippen molar-refractivity contribution in [2.75, 3.05) is 30.3 Å². The number of nitro benzene ring substituents is 1. The average molecular weight is 419 g/mol. The zero-order valence-electron chi connectivity index (χ0n) is 16.3. The summed E-state index contributed by atoms with van der Waals surface area (Å²) in [5, 5.41) is 16.3. The number of carbonyl (C=O) groups excluding carboxylic acids is 2. The summed E-state index contributed by atoms with van der Waals surface area (Å²) in [6.07, 6.45) is 0.767. The van der Waals surface area contributed by atoms with Crippen molar-refractivity contribution < 1.29 is 14.5 Å². The summed E-state index contributed by atoms with van der Waals surface area (Å²) < 4.78 is 0. The van der Waals surface area contributed by atoms with Crippen molar-refractivity contribution >= 4 is 40.5 Å². The van der Waals surface area contributed by atoms with E-state index in [-0.39, 0.29) is 41.3 Å². The highest BCUT2D eigenvalue weighted by molar-refractivity contribution is 6.34. The van der Waals surface area contributed by atoms with Crippen LogP contribution in [0.4, 0.5) is 17.1 Å². The Kier molecular flexibility index (Phi) is 8.11. The van der Waals surface area contributed by atoms with Crippen LogP contribution in [0, 0.1) is 17.0 Å². The molecular formula is C20H23ClN4O4. The number of anilines is 2. The number of para-hydroxylation sites is 1. The van der Waals surface area contributed by atoms with Crippen LogP contribution in [0.5, 0.6) is 0 Å². The first kappa shape index (κ1) is 22.3. The molecule has 9 heteroatoms. The lowest BCUT2D eigenvalue weighted by atomic mass is 10.2. The molecule has 29 heavy (non-hydrogen) atoms. The Morgan fingerprint density at radius 3 is 2.24 bits per heavy atom. The van der Waals surface area contributed by atoms with Crippen LogP contribution in [-0.4, -0.2) is 41.3 Å². The van der Waals surface area contributed by atoms with Crippen LogP contribution in [0.15, 0.2) is 42.5 Å². The highest BCUT2D eigenvalue weighted by Crippen LogP contribution is 2.26. The average Bonchev–Trinajstić information content (AvgIpc) is 2.65. The molecule has 2 N–H and O–H groups in total. The van der Waals surface area contributed by atoms with Crippen LogP contribution >= 0.6 is 11.6 Å². The fraction of sp³-hybridized carbons (Fsp3) is 0.300. The molecule has 0 aliphatic rings. The Balaban J connectivity index is 1.97. The second kappa shape index (κ2) is 10.5. The van der Waals surface area contributed by atoms with E-state index in [4.69, 9.17) is 11.6 Å². The number of benzene rings is 2. The molecular weight excluding hydrogens is 396 g/mol. The molecule has 0 saturated heterocycles. The highest BCUT2D eigenvalue weighted by Gasteiger charge is 2.16. The molecule has 0 atom stereocenters. The van der Waals surface area contributed by atoms with Gasteiger partial charge in [-0.3, -0.25) is 24.6 Å². The second-order valence-corrected chi connectivity index (χ2v) is 6.95. The van der Waals surface area contributed by atoms with E-state index in [1.807, 2.05) is 38.1 Å². The van der Waals surface area contributed by atoms with Crippen molar-refractivity contribution in [3.8, 4) is 0 Å². The van der Waals surface area contributed by atoms with Crippen molar-refractivity contribution in [3.63, 3.8) is 0 Å². The molecule has 0 fully saturated rings. The molecule has 2 amide bonds. The van der Waals surface area contributed by atoms with Crippen LogP contribution in [0.25, 0.3) is 0 Å². The SMILES string of the molecule is CCCN(CC(=O)Nc1ccccc1C)CC(=O)Nc1ccc([N+](=O)[O-])cc1Cl. The van der Waals surface area contributed by atoms with Crippen LogP contribution in [0.3, 0.4) is 0 Å². The number of carbonyl (C=O) groups is 2. The summed E-state index contributed by atoms with van der Waals surface area (Å²) in [6.45, 7) is 4.46. The van der Waals surface area contributed by atoms with Crippen LogP contribution < -0.4 is 10.6 Å².